The van der Waals surface area contributed by atoms with Crippen molar-refractivity contribution >= 4 is 11.6 Å². The molecular formula is C11H8F2N4O3. The van der Waals surface area contributed by atoms with E-state index in [4.69, 9.17) is 0 Å². The highest BCUT2D eigenvalue weighted by molar-refractivity contribution is 5.95. The molecule has 2 N–H and O–H groups in total. The average molecular weight is 282 g/mol. The van der Waals surface area contributed by atoms with E-state index in [0.29, 0.717) is 17.8 Å². The van der Waals surface area contributed by atoms with Crippen molar-refractivity contribution in [1.82, 2.24) is 15.5 Å². The highest BCUT2D eigenvalue weighted by Gasteiger charge is 2.24. The molecule has 0 aliphatic carbocycles. The number of benzene rings is 1. The summed E-state index contributed by atoms with van der Waals surface area (Å²) in [6, 6.07) is 2.59. The number of nitro groups is 1. The number of hydrogen-bond acceptors (Lipinski definition) is 4. The van der Waals surface area contributed by atoms with Crippen LogP contribution in [0.25, 0.3) is 0 Å². The minimum Gasteiger partial charge on any atom is -0.346 e. The zero-order valence-corrected chi connectivity index (χ0v) is 9.89. The predicted octanol–water partition coefficient (Wildman–Crippen LogP) is 1.53. The van der Waals surface area contributed by atoms with E-state index < -0.39 is 33.7 Å². The molecule has 0 aliphatic heterocycles. The highest BCUT2D eigenvalue weighted by atomic mass is 19.1. The summed E-state index contributed by atoms with van der Waals surface area (Å²) in [5, 5.41) is 19.0. The summed E-state index contributed by atoms with van der Waals surface area (Å²) in [4.78, 5) is 21.2. The van der Waals surface area contributed by atoms with Crippen LogP contribution in [-0.4, -0.2) is 21.0 Å². The molecule has 104 valence electrons. The fourth-order valence-corrected chi connectivity index (χ4v) is 1.53. The summed E-state index contributed by atoms with van der Waals surface area (Å²) < 4.78 is 26.9. The standard InChI is InChI=1S/C11H8F2N4O3/c12-6-3-8(10(13)9(4-6)17(19)20)11(18)14-5-7-1-2-15-16-7/h1-4H,5H2,(H,14,18)(H,15,16). The van der Waals surface area contributed by atoms with Crippen molar-refractivity contribution in [1.29, 1.82) is 0 Å². The molecule has 7 nitrogen and oxygen atoms in total. The van der Waals surface area contributed by atoms with E-state index in [1.54, 1.807) is 6.07 Å². The van der Waals surface area contributed by atoms with E-state index in [1.165, 1.54) is 6.20 Å². The summed E-state index contributed by atoms with van der Waals surface area (Å²) in [5.41, 5.74) is -1.27. The Morgan fingerprint density at radius 1 is 1.45 bits per heavy atom. The maximum atomic E-state index is 13.7. The first kappa shape index (κ1) is 13.6. The van der Waals surface area contributed by atoms with Crippen LogP contribution in [0.3, 0.4) is 0 Å². The summed E-state index contributed by atoms with van der Waals surface area (Å²) in [6.07, 6.45) is 1.45. The third kappa shape index (κ3) is 2.76. The Morgan fingerprint density at radius 2 is 2.20 bits per heavy atom. The second-order valence-corrected chi connectivity index (χ2v) is 3.81. The molecule has 0 unspecified atom stereocenters. The number of carbonyl (C=O) groups excluding carboxylic acids is 1. The number of nitrogens with zero attached hydrogens (tertiary/aromatic N) is 2. The lowest BCUT2D eigenvalue weighted by Crippen LogP contribution is -2.24. The number of rotatable bonds is 4. The second-order valence-electron chi connectivity index (χ2n) is 3.81. The van der Waals surface area contributed by atoms with Gasteiger partial charge in [-0.3, -0.25) is 20.0 Å². The molecule has 0 bridgehead atoms. The van der Waals surface area contributed by atoms with Gasteiger partial charge in [0.2, 0.25) is 5.82 Å². The molecule has 9 heteroatoms. The second kappa shape index (κ2) is 5.43. The van der Waals surface area contributed by atoms with Gasteiger partial charge >= 0.3 is 5.69 Å². The quantitative estimate of drug-likeness (QED) is 0.655. The Labute approximate surface area is 110 Å². The normalized spacial score (nSPS) is 10.3. The molecule has 1 heterocycles. The number of H-pyrrole nitrogens is 1. The lowest BCUT2D eigenvalue weighted by atomic mass is 10.1. The van der Waals surface area contributed by atoms with Crippen LogP contribution >= 0.6 is 0 Å². The number of aromatic amines is 1. The van der Waals surface area contributed by atoms with Crippen molar-refractivity contribution in [2.45, 2.75) is 6.54 Å². The van der Waals surface area contributed by atoms with Crippen molar-refractivity contribution in [3.63, 3.8) is 0 Å². The average Bonchev–Trinajstić information content (AvgIpc) is 2.91. The van der Waals surface area contributed by atoms with E-state index in [-0.39, 0.29) is 6.54 Å². The fourth-order valence-electron chi connectivity index (χ4n) is 1.53. The van der Waals surface area contributed by atoms with Gasteiger partial charge in [-0.1, -0.05) is 0 Å². The molecule has 20 heavy (non-hydrogen) atoms. The van der Waals surface area contributed by atoms with Crippen LogP contribution in [-0.2, 0) is 6.54 Å². The van der Waals surface area contributed by atoms with E-state index >= 15 is 0 Å². The van der Waals surface area contributed by atoms with Gasteiger partial charge in [-0.15, -0.1) is 0 Å². The van der Waals surface area contributed by atoms with Crippen molar-refractivity contribution in [3.05, 3.63) is 57.4 Å². The molecule has 0 radical (unpaired) electrons. The zero-order valence-electron chi connectivity index (χ0n) is 9.89. The Balaban J connectivity index is 2.23. The summed E-state index contributed by atoms with van der Waals surface area (Å²) >= 11 is 0. The van der Waals surface area contributed by atoms with Crippen molar-refractivity contribution < 1.29 is 18.5 Å². The molecule has 2 aromatic rings. The number of nitrogens with one attached hydrogen (secondary N) is 2. The highest BCUT2D eigenvalue weighted by Crippen LogP contribution is 2.22. The van der Waals surface area contributed by atoms with E-state index in [2.05, 4.69) is 15.5 Å². The Hall–Kier alpha value is -2.84. The van der Waals surface area contributed by atoms with Gasteiger partial charge in [0.15, 0.2) is 0 Å². The first-order valence-corrected chi connectivity index (χ1v) is 5.39. The van der Waals surface area contributed by atoms with Crippen LogP contribution in [0.4, 0.5) is 14.5 Å². The number of halogens is 2. The molecule has 0 aliphatic rings. The van der Waals surface area contributed by atoms with E-state index in [9.17, 15) is 23.7 Å². The molecule has 0 saturated heterocycles. The van der Waals surface area contributed by atoms with Gasteiger partial charge in [0.1, 0.15) is 5.82 Å². The predicted molar refractivity (Wildman–Crippen MR) is 62.8 cm³/mol. The molecule has 1 aromatic carbocycles. The van der Waals surface area contributed by atoms with Crippen molar-refractivity contribution in [3.8, 4) is 0 Å². The van der Waals surface area contributed by atoms with Gasteiger partial charge in [-0.25, -0.2) is 4.39 Å². The van der Waals surface area contributed by atoms with Gasteiger partial charge in [-0.05, 0) is 12.1 Å². The minimum atomic E-state index is -1.38. The molecule has 0 saturated carbocycles. The minimum absolute atomic E-state index is 0.00256. The van der Waals surface area contributed by atoms with Crippen molar-refractivity contribution in [2.24, 2.45) is 0 Å². The van der Waals surface area contributed by atoms with Crippen molar-refractivity contribution in [2.75, 3.05) is 0 Å². The third-order valence-corrected chi connectivity index (χ3v) is 2.46. The molecule has 0 atom stereocenters. The Morgan fingerprint density at radius 3 is 2.80 bits per heavy atom. The molecular weight excluding hydrogens is 274 g/mol. The summed E-state index contributed by atoms with van der Waals surface area (Å²) in [5.74, 6) is -3.40. The van der Waals surface area contributed by atoms with Crippen LogP contribution in [0.15, 0.2) is 24.4 Å². The zero-order chi connectivity index (χ0) is 14.7. The molecule has 0 spiro atoms. The smallest absolute Gasteiger partial charge is 0.308 e. The monoisotopic (exact) mass is 282 g/mol. The third-order valence-electron chi connectivity index (χ3n) is 2.46. The van der Waals surface area contributed by atoms with Gasteiger partial charge < -0.3 is 5.32 Å². The largest absolute Gasteiger partial charge is 0.346 e. The molecule has 2 rings (SSSR count). The Kier molecular flexibility index (Phi) is 3.69. The molecule has 1 aromatic heterocycles. The topological polar surface area (TPSA) is 101 Å². The van der Waals surface area contributed by atoms with Gasteiger partial charge in [0, 0.05) is 6.20 Å². The lowest BCUT2D eigenvalue weighted by molar-refractivity contribution is -0.387. The first-order chi connectivity index (χ1) is 9.49. The number of aromatic nitrogens is 2. The van der Waals surface area contributed by atoms with Gasteiger partial charge in [0.25, 0.3) is 5.91 Å². The number of hydrogen-bond donors (Lipinski definition) is 2. The number of amides is 1. The maximum Gasteiger partial charge on any atom is 0.308 e. The SMILES string of the molecule is O=C(NCc1ccn[nH]1)c1cc(F)cc([N+](=O)[O-])c1F. The van der Waals surface area contributed by atoms with Crippen LogP contribution < -0.4 is 5.32 Å². The summed E-state index contributed by atoms with van der Waals surface area (Å²) in [7, 11) is 0. The van der Waals surface area contributed by atoms with Gasteiger partial charge in [-0.2, -0.15) is 9.49 Å². The molecule has 0 fully saturated rings. The van der Waals surface area contributed by atoms with Crippen LogP contribution in [0.2, 0.25) is 0 Å². The maximum absolute atomic E-state index is 13.7. The lowest BCUT2D eigenvalue weighted by Gasteiger charge is -2.05. The van der Waals surface area contributed by atoms with Crippen LogP contribution in [0.1, 0.15) is 16.1 Å². The first-order valence-electron chi connectivity index (χ1n) is 5.39. The number of carbonyl (C=O) groups is 1. The fraction of sp³-hybridized carbons (Fsp3) is 0.0909. The molecule has 1 amide bonds. The van der Waals surface area contributed by atoms with Crippen LogP contribution in [0.5, 0.6) is 0 Å². The van der Waals surface area contributed by atoms with Crippen LogP contribution in [0, 0.1) is 21.7 Å². The van der Waals surface area contributed by atoms with Gasteiger partial charge in [0.05, 0.1) is 28.8 Å². The summed E-state index contributed by atoms with van der Waals surface area (Å²) in [6.45, 7) is 0.00256. The van der Waals surface area contributed by atoms with E-state index in [0.717, 1.165) is 0 Å². The Bertz CT molecular complexity index is 658. The van der Waals surface area contributed by atoms with E-state index in [1.807, 2.05) is 0 Å². The number of nitro benzene ring substituents is 1.